The normalized spacial score (nSPS) is 10.8. The van der Waals surface area contributed by atoms with Gasteiger partial charge in [0.05, 0.1) is 18.2 Å². The Hall–Kier alpha value is -3.22. The molecule has 2 aromatic carbocycles. The number of hydrogen-bond acceptors (Lipinski definition) is 4. The van der Waals surface area contributed by atoms with E-state index in [1.807, 2.05) is 0 Å². The molecule has 0 fully saturated rings. The van der Waals surface area contributed by atoms with Crippen LogP contribution >= 0.6 is 0 Å². The highest BCUT2D eigenvalue weighted by molar-refractivity contribution is 6.12. The molecule has 0 aliphatic rings. The standard InChI is InChI=1S/C17H13F2N3O2/c1-24-10-7-9-12(15(19)14(10)18)11(8-5-3-2-4-6-8)13(17(21)23)16(20)22-9/h2-7H,1H3,(H2,20,22)(H2,21,23). The molecule has 0 radical (unpaired) electrons. The molecule has 3 aromatic rings. The van der Waals surface area contributed by atoms with Crippen LogP contribution in [0, 0.1) is 11.6 Å². The van der Waals surface area contributed by atoms with Gasteiger partial charge in [-0.1, -0.05) is 30.3 Å². The summed E-state index contributed by atoms with van der Waals surface area (Å²) in [5, 5.41) is -0.178. The molecule has 0 saturated carbocycles. The second-order valence-electron chi connectivity index (χ2n) is 5.08. The molecular formula is C17H13F2N3O2. The van der Waals surface area contributed by atoms with Crippen LogP contribution in [-0.4, -0.2) is 18.0 Å². The van der Waals surface area contributed by atoms with Crippen LogP contribution in [0.1, 0.15) is 10.4 Å². The summed E-state index contributed by atoms with van der Waals surface area (Å²) in [5.41, 5.74) is 11.7. The number of rotatable bonds is 3. The van der Waals surface area contributed by atoms with Crippen LogP contribution in [0.15, 0.2) is 36.4 Å². The van der Waals surface area contributed by atoms with E-state index in [0.717, 1.165) is 0 Å². The van der Waals surface area contributed by atoms with Gasteiger partial charge < -0.3 is 16.2 Å². The molecular weight excluding hydrogens is 316 g/mol. The highest BCUT2D eigenvalue weighted by atomic mass is 19.2. The summed E-state index contributed by atoms with van der Waals surface area (Å²) in [4.78, 5) is 15.8. The van der Waals surface area contributed by atoms with E-state index in [1.165, 1.54) is 13.2 Å². The number of benzene rings is 2. The van der Waals surface area contributed by atoms with Crippen LogP contribution in [0.4, 0.5) is 14.6 Å². The van der Waals surface area contributed by atoms with Crippen molar-refractivity contribution >= 4 is 22.6 Å². The van der Waals surface area contributed by atoms with Crippen LogP contribution in [0.2, 0.25) is 0 Å². The molecule has 4 N–H and O–H groups in total. The van der Waals surface area contributed by atoms with Crippen molar-refractivity contribution in [3.8, 4) is 16.9 Å². The molecule has 1 heterocycles. The van der Waals surface area contributed by atoms with E-state index >= 15 is 0 Å². The third-order valence-corrected chi connectivity index (χ3v) is 3.68. The van der Waals surface area contributed by atoms with Gasteiger partial charge in [-0.05, 0) is 5.56 Å². The summed E-state index contributed by atoms with van der Waals surface area (Å²) >= 11 is 0. The van der Waals surface area contributed by atoms with Crippen LogP contribution in [0.3, 0.4) is 0 Å². The Bertz CT molecular complexity index is 959. The van der Waals surface area contributed by atoms with Gasteiger partial charge in [-0.25, -0.2) is 9.37 Å². The first-order valence-corrected chi connectivity index (χ1v) is 6.96. The van der Waals surface area contributed by atoms with Crippen molar-refractivity contribution in [2.45, 2.75) is 0 Å². The van der Waals surface area contributed by atoms with Crippen LogP contribution < -0.4 is 16.2 Å². The second kappa shape index (κ2) is 5.77. The van der Waals surface area contributed by atoms with E-state index in [9.17, 15) is 13.6 Å². The van der Waals surface area contributed by atoms with Crippen LogP contribution in [-0.2, 0) is 0 Å². The molecule has 1 aromatic heterocycles. The molecule has 0 spiro atoms. The average Bonchev–Trinajstić information content (AvgIpc) is 2.57. The molecule has 0 bridgehead atoms. The minimum atomic E-state index is -1.18. The van der Waals surface area contributed by atoms with Gasteiger partial charge in [0, 0.05) is 17.0 Å². The maximum atomic E-state index is 14.7. The van der Waals surface area contributed by atoms with Crippen molar-refractivity contribution in [1.82, 2.24) is 4.98 Å². The van der Waals surface area contributed by atoms with E-state index in [2.05, 4.69) is 4.98 Å². The molecule has 0 saturated heterocycles. The summed E-state index contributed by atoms with van der Waals surface area (Å²) in [6.07, 6.45) is 0. The fraction of sp³-hybridized carbons (Fsp3) is 0.0588. The lowest BCUT2D eigenvalue weighted by Gasteiger charge is -2.15. The lowest BCUT2D eigenvalue weighted by molar-refractivity contribution is 0.100. The highest BCUT2D eigenvalue weighted by Crippen LogP contribution is 2.38. The first-order valence-electron chi connectivity index (χ1n) is 6.96. The lowest BCUT2D eigenvalue weighted by Crippen LogP contribution is -2.17. The predicted molar refractivity (Wildman–Crippen MR) is 86.6 cm³/mol. The van der Waals surface area contributed by atoms with Gasteiger partial charge in [-0.15, -0.1) is 0 Å². The Morgan fingerprint density at radius 1 is 1.17 bits per heavy atom. The molecule has 122 valence electrons. The second-order valence-corrected chi connectivity index (χ2v) is 5.08. The number of carbonyl (C=O) groups is 1. The number of nitrogens with zero attached hydrogens (tertiary/aromatic N) is 1. The number of nitrogens with two attached hydrogens (primary N) is 2. The fourth-order valence-electron chi connectivity index (χ4n) is 2.65. The maximum Gasteiger partial charge on any atom is 0.253 e. The number of ether oxygens (including phenoxy) is 1. The van der Waals surface area contributed by atoms with E-state index in [4.69, 9.17) is 16.2 Å². The maximum absolute atomic E-state index is 14.7. The molecule has 5 nitrogen and oxygen atoms in total. The Kier molecular flexibility index (Phi) is 3.76. The Balaban J connectivity index is 2.56. The summed E-state index contributed by atoms with van der Waals surface area (Å²) < 4.78 is 33.7. The van der Waals surface area contributed by atoms with Crippen molar-refractivity contribution in [2.75, 3.05) is 12.8 Å². The smallest absolute Gasteiger partial charge is 0.253 e. The lowest BCUT2D eigenvalue weighted by atomic mass is 9.94. The minimum absolute atomic E-state index is 0.0621. The topological polar surface area (TPSA) is 91.2 Å². The van der Waals surface area contributed by atoms with Crippen molar-refractivity contribution in [3.63, 3.8) is 0 Å². The molecule has 0 aliphatic carbocycles. The van der Waals surface area contributed by atoms with Crippen LogP contribution in [0.5, 0.6) is 5.75 Å². The number of amides is 1. The van der Waals surface area contributed by atoms with Gasteiger partial charge in [0.25, 0.3) is 5.91 Å². The number of methoxy groups -OCH3 is 1. The number of pyridine rings is 1. The molecule has 3 rings (SSSR count). The number of carbonyl (C=O) groups excluding carboxylic acids is 1. The quantitative estimate of drug-likeness (QED) is 0.773. The number of primary amides is 1. The van der Waals surface area contributed by atoms with Crippen molar-refractivity contribution in [2.24, 2.45) is 5.73 Å². The largest absolute Gasteiger partial charge is 0.493 e. The summed E-state index contributed by atoms with van der Waals surface area (Å²) in [5.74, 6) is -3.71. The van der Waals surface area contributed by atoms with E-state index in [1.54, 1.807) is 30.3 Å². The Morgan fingerprint density at radius 2 is 1.83 bits per heavy atom. The van der Waals surface area contributed by atoms with Gasteiger partial charge >= 0.3 is 0 Å². The summed E-state index contributed by atoms with van der Waals surface area (Å²) in [6.45, 7) is 0. The number of halogens is 2. The first kappa shape index (κ1) is 15.7. The first-order chi connectivity index (χ1) is 11.5. The fourth-order valence-corrected chi connectivity index (χ4v) is 2.65. The highest BCUT2D eigenvalue weighted by Gasteiger charge is 2.25. The van der Waals surface area contributed by atoms with Gasteiger partial charge in [-0.2, -0.15) is 4.39 Å². The van der Waals surface area contributed by atoms with E-state index in [0.29, 0.717) is 5.56 Å². The number of hydrogen-bond donors (Lipinski definition) is 2. The monoisotopic (exact) mass is 329 g/mol. The van der Waals surface area contributed by atoms with Crippen LogP contribution in [0.25, 0.3) is 22.0 Å². The Morgan fingerprint density at radius 3 is 2.42 bits per heavy atom. The van der Waals surface area contributed by atoms with E-state index in [-0.39, 0.29) is 33.6 Å². The average molecular weight is 329 g/mol. The minimum Gasteiger partial charge on any atom is -0.493 e. The molecule has 24 heavy (non-hydrogen) atoms. The van der Waals surface area contributed by atoms with Crippen molar-refractivity contribution in [3.05, 3.63) is 53.6 Å². The van der Waals surface area contributed by atoms with Gasteiger partial charge in [0.1, 0.15) is 5.82 Å². The van der Waals surface area contributed by atoms with Gasteiger partial charge in [-0.3, -0.25) is 4.79 Å². The molecule has 1 amide bonds. The number of aromatic nitrogens is 1. The molecule has 7 heteroatoms. The molecule has 0 atom stereocenters. The predicted octanol–water partition coefficient (Wildman–Crippen LogP) is 2.87. The SMILES string of the molecule is COc1cc2nc(N)c(C(N)=O)c(-c3ccccc3)c2c(F)c1F. The van der Waals surface area contributed by atoms with Crippen molar-refractivity contribution < 1.29 is 18.3 Å². The summed E-state index contributed by atoms with van der Waals surface area (Å²) in [7, 11) is 1.21. The number of fused-ring (bicyclic) bond motifs is 1. The van der Waals surface area contributed by atoms with Crippen molar-refractivity contribution in [1.29, 1.82) is 0 Å². The zero-order valence-electron chi connectivity index (χ0n) is 12.6. The summed E-state index contributed by atoms with van der Waals surface area (Å²) in [6, 6.07) is 9.65. The van der Waals surface area contributed by atoms with Gasteiger partial charge in [0.2, 0.25) is 5.82 Å². The number of anilines is 1. The molecule has 0 unspecified atom stereocenters. The zero-order chi connectivity index (χ0) is 17.4. The van der Waals surface area contributed by atoms with E-state index < -0.39 is 17.5 Å². The number of nitrogen functional groups attached to an aromatic ring is 1. The third kappa shape index (κ3) is 2.30. The molecule has 0 aliphatic heterocycles. The zero-order valence-corrected chi connectivity index (χ0v) is 12.6. The van der Waals surface area contributed by atoms with Gasteiger partial charge in [0.15, 0.2) is 11.6 Å². The third-order valence-electron chi connectivity index (χ3n) is 3.68. The Labute approximate surface area is 135 Å².